The summed E-state index contributed by atoms with van der Waals surface area (Å²) in [6.45, 7) is 2.25. The summed E-state index contributed by atoms with van der Waals surface area (Å²) in [7, 11) is 0. The standard InChI is InChI=1S/C17H14FN7O/c1-11-8-14(25-17(21-11)19-10-20-25)16(26)22-15-6-7-24(23-15)9-12-2-4-13(18)5-3-12/h2-8,10H,9H2,1H3,(H,22,23,26). The van der Waals surface area contributed by atoms with Crippen LogP contribution in [0.4, 0.5) is 10.2 Å². The van der Waals surface area contributed by atoms with E-state index in [1.807, 2.05) is 0 Å². The van der Waals surface area contributed by atoms with Gasteiger partial charge in [0.25, 0.3) is 11.7 Å². The van der Waals surface area contributed by atoms with Crippen LogP contribution in [0.15, 0.2) is 48.9 Å². The molecular formula is C17H14FN7O. The molecule has 0 spiro atoms. The molecule has 0 saturated heterocycles. The Morgan fingerprint density at radius 1 is 1.23 bits per heavy atom. The van der Waals surface area contributed by atoms with Gasteiger partial charge >= 0.3 is 0 Å². The van der Waals surface area contributed by atoms with Crippen molar-refractivity contribution in [2.75, 3.05) is 5.32 Å². The van der Waals surface area contributed by atoms with E-state index in [1.54, 1.807) is 42.1 Å². The number of benzene rings is 1. The van der Waals surface area contributed by atoms with E-state index >= 15 is 0 Å². The average Bonchev–Trinajstić information content (AvgIpc) is 3.25. The molecule has 0 radical (unpaired) electrons. The van der Waals surface area contributed by atoms with Gasteiger partial charge in [-0.1, -0.05) is 12.1 Å². The number of nitrogens with zero attached hydrogens (tertiary/aromatic N) is 6. The van der Waals surface area contributed by atoms with E-state index in [2.05, 4.69) is 25.5 Å². The molecule has 3 aromatic heterocycles. The van der Waals surface area contributed by atoms with Crippen molar-refractivity contribution in [1.29, 1.82) is 0 Å². The minimum Gasteiger partial charge on any atom is -0.304 e. The SMILES string of the molecule is Cc1cc(C(=O)Nc2ccn(Cc3ccc(F)cc3)n2)n2ncnc2n1. The van der Waals surface area contributed by atoms with Crippen molar-refractivity contribution < 1.29 is 9.18 Å². The van der Waals surface area contributed by atoms with Crippen LogP contribution >= 0.6 is 0 Å². The van der Waals surface area contributed by atoms with Gasteiger partial charge in [-0.05, 0) is 30.7 Å². The van der Waals surface area contributed by atoms with Gasteiger partial charge in [0, 0.05) is 18.0 Å². The van der Waals surface area contributed by atoms with Crippen LogP contribution in [-0.2, 0) is 6.54 Å². The van der Waals surface area contributed by atoms with Gasteiger partial charge in [0.05, 0.1) is 6.54 Å². The Bertz CT molecular complexity index is 1080. The molecule has 0 fully saturated rings. The largest absolute Gasteiger partial charge is 0.304 e. The second kappa shape index (κ2) is 6.36. The average molecular weight is 351 g/mol. The zero-order valence-electron chi connectivity index (χ0n) is 13.8. The lowest BCUT2D eigenvalue weighted by molar-refractivity contribution is 0.101. The summed E-state index contributed by atoms with van der Waals surface area (Å²) >= 11 is 0. The van der Waals surface area contributed by atoms with E-state index in [9.17, 15) is 9.18 Å². The highest BCUT2D eigenvalue weighted by Gasteiger charge is 2.15. The highest BCUT2D eigenvalue weighted by atomic mass is 19.1. The molecule has 1 aromatic carbocycles. The van der Waals surface area contributed by atoms with Gasteiger partial charge in [-0.25, -0.2) is 9.37 Å². The lowest BCUT2D eigenvalue weighted by Gasteiger charge is -2.05. The van der Waals surface area contributed by atoms with Crippen LogP contribution < -0.4 is 5.32 Å². The summed E-state index contributed by atoms with van der Waals surface area (Å²) in [6, 6.07) is 9.50. The maximum Gasteiger partial charge on any atom is 0.275 e. The van der Waals surface area contributed by atoms with Crippen molar-refractivity contribution >= 4 is 17.5 Å². The summed E-state index contributed by atoms with van der Waals surface area (Å²) < 4.78 is 16.0. The first-order chi connectivity index (χ1) is 12.6. The number of hydrogen-bond acceptors (Lipinski definition) is 5. The Morgan fingerprint density at radius 3 is 2.85 bits per heavy atom. The molecule has 1 N–H and O–H groups in total. The first-order valence-corrected chi connectivity index (χ1v) is 7.85. The van der Waals surface area contributed by atoms with Gasteiger partial charge in [0.15, 0.2) is 5.82 Å². The van der Waals surface area contributed by atoms with Crippen molar-refractivity contribution in [3.63, 3.8) is 0 Å². The summed E-state index contributed by atoms with van der Waals surface area (Å²) in [5, 5.41) is 11.1. The zero-order chi connectivity index (χ0) is 18.1. The third kappa shape index (κ3) is 3.14. The molecule has 0 aliphatic carbocycles. The molecule has 0 atom stereocenters. The maximum absolute atomic E-state index is 13.0. The number of rotatable bonds is 4. The van der Waals surface area contributed by atoms with Crippen molar-refractivity contribution in [3.8, 4) is 0 Å². The van der Waals surface area contributed by atoms with E-state index in [1.165, 1.54) is 23.0 Å². The Kier molecular flexibility index (Phi) is 3.88. The molecular weight excluding hydrogens is 337 g/mol. The smallest absolute Gasteiger partial charge is 0.275 e. The third-order valence-corrected chi connectivity index (χ3v) is 3.75. The van der Waals surface area contributed by atoms with Gasteiger partial charge in [-0.2, -0.15) is 19.7 Å². The molecule has 0 saturated carbocycles. The number of aromatic nitrogens is 6. The van der Waals surface area contributed by atoms with Gasteiger partial charge in [0.1, 0.15) is 17.8 Å². The van der Waals surface area contributed by atoms with Crippen molar-refractivity contribution in [1.82, 2.24) is 29.4 Å². The second-order valence-corrected chi connectivity index (χ2v) is 5.73. The molecule has 130 valence electrons. The Labute approximate surface area is 147 Å². The molecule has 0 aliphatic heterocycles. The predicted molar refractivity (Wildman–Crippen MR) is 91.2 cm³/mol. The molecule has 0 bridgehead atoms. The zero-order valence-corrected chi connectivity index (χ0v) is 13.8. The van der Waals surface area contributed by atoms with Crippen LogP contribution in [-0.4, -0.2) is 35.3 Å². The Morgan fingerprint density at radius 2 is 2.04 bits per heavy atom. The first-order valence-electron chi connectivity index (χ1n) is 7.85. The number of hydrogen-bond donors (Lipinski definition) is 1. The summed E-state index contributed by atoms with van der Waals surface area (Å²) in [4.78, 5) is 20.8. The predicted octanol–water partition coefficient (Wildman–Crippen LogP) is 2.07. The number of carbonyl (C=O) groups excluding carboxylic acids is 1. The number of aryl methyl sites for hydroxylation is 1. The lowest BCUT2D eigenvalue weighted by atomic mass is 10.2. The fraction of sp³-hybridized carbons (Fsp3) is 0.118. The number of carbonyl (C=O) groups is 1. The quantitative estimate of drug-likeness (QED) is 0.608. The van der Waals surface area contributed by atoms with Crippen LogP contribution in [0.1, 0.15) is 21.7 Å². The number of nitrogens with one attached hydrogen (secondary N) is 1. The van der Waals surface area contributed by atoms with Crippen LogP contribution in [0.25, 0.3) is 5.78 Å². The highest BCUT2D eigenvalue weighted by Crippen LogP contribution is 2.11. The minimum atomic E-state index is -0.363. The topological polar surface area (TPSA) is 90.0 Å². The van der Waals surface area contributed by atoms with Crippen molar-refractivity contribution in [2.45, 2.75) is 13.5 Å². The number of amides is 1. The van der Waals surface area contributed by atoms with E-state index in [0.29, 0.717) is 29.5 Å². The fourth-order valence-electron chi connectivity index (χ4n) is 2.57. The molecule has 0 aliphatic rings. The molecule has 1 amide bonds. The summed E-state index contributed by atoms with van der Waals surface area (Å²) in [5.41, 5.74) is 1.89. The van der Waals surface area contributed by atoms with Crippen LogP contribution in [0.2, 0.25) is 0 Å². The number of anilines is 1. The van der Waals surface area contributed by atoms with Gasteiger partial charge < -0.3 is 5.32 Å². The van der Waals surface area contributed by atoms with Crippen molar-refractivity contribution in [3.05, 3.63) is 71.7 Å². The lowest BCUT2D eigenvalue weighted by Crippen LogP contribution is -2.18. The molecule has 9 heteroatoms. The van der Waals surface area contributed by atoms with Crippen LogP contribution in [0.3, 0.4) is 0 Å². The van der Waals surface area contributed by atoms with Crippen molar-refractivity contribution in [2.24, 2.45) is 0 Å². The van der Waals surface area contributed by atoms with E-state index in [4.69, 9.17) is 0 Å². The third-order valence-electron chi connectivity index (χ3n) is 3.75. The Hall–Kier alpha value is -3.62. The highest BCUT2D eigenvalue weighted by molar-refractivity contribution is 6.02. The minimum absolute atomic E-state index is 0.283. The number of halogens is 1. The number of fused-ring (bicyclic) bond motifs is 1. The first kappa shape index (κ1) is 15.9. The van der Waals surface area contributed by atoms with Gasteiger partial charge in [-0.3, -0.25) is 9.48 Å². The normalized spacial score (nSPS) is 11.0. The fourth-order valence-corrected chi connectivity index (χ4v) is 2.57. The van der Waals surface area contributed by atoms with Gasteiger partial charge in [-0.15, -0.1) is 0 Å². The molecule has 26 heavy (non-hydrogen) atoms. The van der Waals surface area contributed by atoms with E-state index < -0.39 is 0 Å². The van der Waals surface area contributed by atoms with Gasteiger partial charge in [0.2, 0.25) is 0 Å². The summed E-state index contributed by atoms with van der Waals surface area (Å²) in [6.07, 6.45) is 3.08. The monoisotopic (exact) mass is 351 g/mol. The molecule has 4 rings (SSSR count). The maximum atomic E-state index is 13.0. The van der Waals surface area contributed by atoms with Crippen LogP contribution in [0.5, 0.6) is 0 Å². The Balaban J connectivity index is 1.52. The molecule has 8 nitrogen and oxygen atoms in total. The van der Waals surface area contributed by atoms with Crippen LogP contribution in [0, 0.1) is 12.7 Å². The van der Waals surface area contributed by atoms with E-state index in [0.717, 1.165) is 5.56 Å². The van der Waals surface area contributed by atoms with E-state index in [-0.39, 0.29) is 11.7 Å². The molecule has 4 aromatic rings. The summed E-state index contributed by atoms with van der Waals surface area (Å²) in [5.74, 6) is 0.115. The molecule has 0 unspecified atom stereocenters. The molecule has 3 heterocycles. The second-order valence-electron chi connectivity index (χ2n) is 5.73.